The van der Waals surface area contributed by atoms with E-state index in [1.54, 1.807) is 0 Å². The van der Waals surface area contributed by atoms with E-state index in [0.29, 0.717) is 6.04 Å². The van der Waals surface area contributed by atoms with Gasteiger partial charge >= 0.3 is 6.09 Å². The maximum absolute atomic E-state index is 12.4. The topological polar surface area (TPSA) is 41.6 Å². The Morgan fingerprint density at radius 3 is 2.26 bits per heavy atom. The van der Waals surface area contributed by atoms with Crippen molar-refractivity contribution >= 4 is 6.09 Å². The first kappa shape index (κ1) is 17.8. The molecule has 4 heteroatoms. The van der Waals surface area contributed by atoms with Crippen LogP contribution in [0.25, 0.3) is 0 Å². The summed E-state index contributed by atoms with van der Waals surface area (Å²) in [5.41, 5.74) is 0.848. The summed E-state index contributed by atoms with van der Waals surface area (Å²) in [4.78, 5) is 14.3. The second-order valence-corrected chi connectivity index (χ2v) is 7.62. The first-order valence-electron chi connectivity index (χ1n) is 8.55. The number of amides is 1. The molecular weight excluding hydrogens is 288 g/mol. The van der Waals surface area contributed by atoms with Crippen molar-refractivity contribution in [3.8, 4) is 0 Å². The zero-order valence-corrected chi connectivity index (χ0v) is 15.0. The van der Waals surface area contributed by atoms with Crippen molar-refractivity contribution in [1.82, 2.24) is 10.2 Å². The maximum atomic E-state index is 12.4. The second kappa shape index (κ2) is 7.35. The van der Waals surface area contributed by atoms with Gasteiger partial charge < -0.3 is 15.0 Å². The van der Waals surface area contributed by atoms with Crippen LogP contribution < -0.4 is 5.32 Å². The number of hydrogen-bond donors (Lipinski definition) is 1. The van der Waals surface area contributed by atoms with Crippen LogP contribution in [0.5, 0.6) is 0 Å². The SMILES string of the molecule is CC1CC(NCc2ccccc2)CC(C)N1C(=O)OC(C)(C)C. The quantitative estimate of drug-likeness (QED) is 0.917. The van der Waals surface area contributed by atoms with Gasteiger partial charge in [0.1, 0.15) is 5.60 Å². The highest BCUT2D eigenvalue weighted by atomic mass is 16.6. The predicted octanol–water partition coefficient (Wildman–Crippen LogP) is 3.95. The number of hydrogen-bond acceptors (Lipinski definition) is 3. The van der Waals surface area contributed by atoms with E-state index >= 15 is 0 Å². The number of benzene rings is 1. The highest BCUT2D eigenvalue weighted by Crippen LogP contribution is 2.25. The van der Waals surface area contributed by atoms with Gasteiger partial charge in [0.2, 0.25) is 0 Å². The lowest BCUT2D eigenvalue weighted by molar-refractivity contribution is -0.00400. The Morgan fingerprint density at radius 2 is 1.74 bits per heavy atom. The van der Waals surface area contributed by atoms with Gasteiger partial charge in [-0.3, -0.25) is 0 Å². The standard InChI is InChI=1S/C19H30N2O2/c1-14-11-17(20-13-16-9-7-6-8-10-16)12-15(2)21(14)18(22)23-19(3,4)5/h6-10,14-15,17,20H,11-13H2,1-5H3. The molecule has 23 heavy (non-hydrogen) atoms. The molecule has 1 aliphatic rings. The summed E-state index contributed by atoms with van der Waals surface area (Å²) >= 11 is 0. The molecule has 1 fully saturated rings. The summed E-state index contributed by atoms with van der Waals surface area (Å²) in [7, 11) is 0. The summed E-state index contributed by atoms with van der Waals surface area (Å²) in [5, 5.41) is 3.63. The summed E-state index contributed by atoms with van der Waals surface area (Å²) in [5.74, 6) is 0. The van der Waals surface area contributed by atoms with Crippen LogP contribution in [0.15, 0.2) is 30.3 Å². The molecule has 0 aromatic heterocycles. The normalized spacial score (nSPS) is 25.3. The molecule has 0 bridgehead atoms. The molecule has 1 heterocycles. The summed E-state index contributed by atoms with van der Waals surface area (Å²) in [6.07, 6.45) is 1.71. The van der Waals surface area contributed by atoms with E-state index in [0.717, 1.165) is 19.4 Å². The molecule has 1 saturated heterocycles. The van der Waals surface area contributed by atoms with E-state index in [4.69, 9.17) is 4.74 Å². The minimum Gasteiger partial charge on any atom is -0.444 e. The van der Waals surface area contributed by atoms with E-state index in [-0.39, 0.29) is 18.2 Å². The van der Waals surface area contributed by atoms with Crippen LogP contribution in [0.1, 0.15) is 53.0 Å². The van der Waals surface area contributed by atoms with Crippen LogP contribution in [-0.4, -0.2) is 34.7 Å². The lowest BCUT2D eigenvalue weighted by atomic mass is 9.93. The Kier molecular flexibility index (Phi) is 5.69. The van der Waals surface area contributed by atoms with Gasteiger partial charge in [-0.1, -0.05) is 30.3 Å². The van der Waals surface area contributed by atoms with Crippen molar-refractivity contribution in [2.45, 2.75) is 77.7 Å². The van der Waals surface area contributed by atoms with E-state index in [1.165, 1.54) is 5.56 Å². The van der Waals surface area contributed by atoms with Gasteiger partial charge in [0, 0.05) is 24.7 Å². The van der Waals surface area contributed by atoms with E-state index in [9.17, 15) is 4.79 Å². The number of ether oxygens (including phenoxy) is 1. The summed E-state index contributed by atoms with van der Waals surface area (Å²) < 4.78 is 5.55. The lowest BCUT2D eigenvalue weighted by Crippen LogP contribution is -2.55. The zero-order chi connectivity index (χ0) is 17.0. The Labute approximate surface area is 140 Å². The van der Waals surface area contributed by atoms with Crippen molar-refractivity contribution in [2.24, 2.45) is 0 Å². The average Bonchev–Trinajstić information content (AvgIpc) is 2.43. The molecule has 1 aromatic carbocycles. The fourth-order valence-corrected chi connectivity index (χ4v) is 3.28. The molecule has 0 radical (unpaired) electrons. The van der Waals surface area contributed by atoms with Gasteiger partial charge in [-0.25, -0.2) is 4.79 Å². The largest absolute Gasteiger partial charge is 0.444 e. The number of likely N-dealkylation sites (tertiary alicyclic amines) is 1. The smallest absolute Gasteiger partial charge is 0.410 e. The van der Waals surface area contributed by atoms with Crippen LogP contribution in [0.4, 0.5) is 4.79 Å². The lowest BCUT2D eigenvalue weighted by Gasteiger charge is -2.43. The van der Waals surface area contributed by atoms with Gasteiger partial charge in [-0.2, -0.15) is 0 Å². The zero-order valence-electron chi connectivity index (χ0n) is 15.0. The molecule has 2 unspecified atom stereocenters. The number of carbonyl (C=O) groups is 1. The van der Waals surface area contributed by atoms with Gasteiger partial charge in [0.25, 0.3) is 0 Å². The molecule has 128 valence electrons. The van der Waals surface area contributed by atoms with Crippen LogP contribution >= 0.6 is 0 Å². The summed E-state index contributed by atoms with van der Waals surface area (Å²) in [6, 6.07) is 11.2. The number of piperidine rings is 1. The molecule has 2 atom stereocenters. The van der Waals surface area contributed by atoms with Crippen molar-refractivity contribution in [1.29, 1.82) is 0 Å². The predicted molar refractivity (Wildman–Crippen MR) is 93.3 cm³/mol. The fourth-order valence-electron chi connectivity index (χ4n) is 3.28. The molecule has 1 N–H and O–H groups in total. The van der Waals surface area contributed by atoms with Crippen LogP contribution in [0, 0.1) is 0 Å². The third-order valence-corrected chi connectivity index (χ3v) is 4.24. The molecule has 2 rings (SSSR count). The van der Waals surface area contributed by atoms with Crippen LogP contribution in [0.2, 0.25) is 0 Å². The average molecular weight is 318 g/mol. The monoisotopic (exact) mass is 318 g/mol. The minimum atomic E-state index is -0.446. The number of nitrogens with one attached hydrogen (secondary N) is 1. The van der Waals surface area contributed by atoms with E-state index in [2.05, 4.69) is 43.4 Å². The molecule has 1 aliphatic heterocycles. The third kappa shape index (κ3) is 5.24. The molecule has 4 nitrogen and oxygen atoms in total. The second-order valence-electron chi connectivity index (χ2n) is 7.62. The number of carbonyl (C=O) groups excluding carboxylic acids is 1. The van der Waals surface area contributed by atoms with Crippen LogP contribution in [-0.2, 0) is 11.3 Å². The Balaban J connectivity index is 1.90. The minimum absolute atomic E-state index is 0.182. The summed E-state index contributed by atoms with van der Waals surface area (Å²) in [6.45, 7) is 10.8. The molecular formula is C19H30N2O2. The van der Waals surface area contributed by atoms with Gasteiger partial charge in [0.05, 0.1) is 0 Å². The maximum Gasteiger partial charge on any atom is 0.410 e. The first-order chi connectivity index (χ1) is 10.8. The van der Waals surface area contributed by atoms with Crippen molar-refractivity contribution < 1.29 is 9.53 Å². The fraction of sp³-hybridized carbons (Fsp3) is 0.632. The van der Waals surface area contributed by atoms with Crippen molar-refractivity contribution in [2.75, 3.05) is 0 Å². The molecule has 0 saturated carbocycles. The van der Waals surface area contributed by atoms with Gasteiger partial charge in [-0.05, 0) is 53.0 Å². The Hall–Kier alpha value is -1.55. The number of rotatable bonds is 3. The third-order valence-electron chi connectivity index (χ3n) is 4.24. The Morgan fingerprint density at radius 1 is 1.17 bits per heavy atom. The Bertz CT molecular complexity index is 498. The van der Waals surface area contributed by atoms with E-state index < -0.39 is 5.60 Å². The van der Waals surface area contributed by atoms with Gasteiger partial charge in [-0.15, -0.1) is 0 Å². The molecule has 1 amide bonds. The highest BCUT2D eigenvalue weighted by molar-refractivity contribution is 5.69. The number of nitrogens with zero attached hydrogens (tertiary/aromatic N) is 1. The molecule has 0 spiro atoms. The van der Waals surface area contributed by atoms with Gasteiger partial charge in [0.15, 0.2) is 0 Å². The van der Waals surface area contributed by atoms with E-state index in [1.807, 2.05) is 31.7 Å². The molecule has 0 aliphatic carbocycles. The van der Waals surface area contributed by atoms with Crippen LogP contribution in [0.3, 0.4) is 0 Å². The highest BCUT2D eigenvalue weighted by Gasteiger charge is 2.36. The first-order valence-corrected chi connectivity index (χ1v) is 8.55. The van der Waals surface area contributed by atoms with Crippen molar-refractivity contribution in [3.63, 3.8) is 0 Å². The van der Waals surface area contributed by atoms with Crippen molar-refractivity contribution in [3.05, 3.63) is 35.9 Å². The molecule has 1 aromatic rings.